The summed E-state index contributed by atoms with van der Waals surface area (Å²) in [6.07, 6.45) is 8.06. The summed E-state index contributed by atoms with van der Waals surface area (Å²) in [6.45, 7) is 2.24. The standard InChI is InChI=1S/C22H28O4/c1-2-26-22(25)13-9-4-3-8-12-18-19(21(24)16-20(18)23)15-14-17-10-6-5-7-11-17/h5-7,10-11,14-15,21,24H,2-4,8-9,12-13,16H2,1H3/b15-14+. The third-order valence-corrected chi connectivity index (χ3v) is 4.54. The second-order valence-corrected chi connectivity index (χ2v) is 6.54. The summed E-state index contributed by atoms with van der Waals surface area (Å²) in [5.41, 5.74) is 2.56. The van der Waals surface area contributed by atoms with Gasteiger partial charge in [0.2, 0.25) is 0 Å². The van der Waals surface area contributed by atoms with Crippen LogP contribution >= 0.6 is 0 Å². The maximum atomic E-state index is 12.2. The lowest BCUT2D eigenvalue weighted by atomic mass is 10.0. The number of ketones is 1. The van der Waals surface area contributed by atoms with Crippen molar-refractivity contribution >= 4 is 17.8 Å². The van der Waals surface area contributed by atoms with Gasteiger partial charge in [-0.3, -0.25) is 9.59 Å². The summed E-state index contributed by atoms with van der Waals surface area (Å²) < 4.78 is 4.91. The lowest BCUT2D eigenvalue weighted by molar-refractivity contribution is -0.143. The number of carbonyl (C=O) groups is 2. The van der Waals surface area contributed by atoms with Gasteiger partial charge in [0, 0.05) is 18.4 Å². The van der Waals surface area contributed by atoms with Gasteiger partial charge in [0.1, 0.15) is 0 Å². The zero-order valence-electron chi connectivity index (χ0n) is 15.4. The van der Waals surface area contributed by atoms with E-state index < -0.39 is 6.10 Å². The van der Waals surface area contributed by atoms with Crippen molar-refractivity contribution in [3.63, 3.8) is 0 Å². The third-order valence-electron chi connectivity index (χ3n) is 4.54. The normalized spacial score (nSPS) is 17.3. The third kappa shape index (κ3) is 6.26. The van der Waals surface area contributed by atoms with Crippen LogP contribution in [0, 0.1) is 0 Å². The first kappa shape index (κ1) is 20.1. The number of allylic oxidation sites excluding steroid dienone is 1. The van der Waals surface area contributed by atoms with E-state index in [1.165, 1.54) is 0 Å². The first-order valence-electron chi connectivity index (χ1n) is 9.45. The molecule has 1 aliphatic carbocycles. The van der Waals surface area contributed by atoms with Crippen LogP contribution in [-0.2, 0) is 14.3 Å². The number of aliphatic hydroxyl groups is 1. The smallest absolute Gasteiger partial charge is 0.305 e. The topological polar surface area (TPSA) is 63.6 Å². The molecule has 4 nitrogen and oxygen atoms in total. The number of rotatable bonds is 10. The molecule has 1 atom stereocenters. The molecule has 0 saturated carbocycles. The fourth-order valence-corrected chi connectivity index (χ4v) is 3.17. The van der Waals surface area contributed by atoms with Gasteiger partial charge in [-0.05, 0) is 37.3 Å². The highest BCUT2D eigenvalue weighted by Gasteiger charge is 2.28. The Hall–Kier alpha value is -2.20. The summed E-state index contributed by atoms with van der Waals surface area (Å²) in [5.74, 6) is -0.0885. The summed E-state index contributed by atoms with van der Waals surface area (Å²) >= 11 is 0. The van der Waals surface area contributed by atoms with Crippen molar-refractivity contribution < 1.29 is 19.4 Å². The monoisotopic (exact) mass is 356 g/mol. The minimum absolute atomic E-state index is 0.0525. The predicted molar refractivity (Wildman–Crippen MR) is 102 cm³/mol. The van der Waals surface area contributed by atoms with Crippen molar-refractivity contribution in [1.82, 2.24) is 0 Å². The quantitative estimate of drug-likeness (QED) is 0.503. The Morgan fingerprint density at radius 1 is 1.15 bits per heavy atom. The number of carbonyl (C=O) groups excluding carboxylic acids is 2. The zero-order chi connectivity index (χ0) is 18.8. The van der Waals surface area contributed by atoms with Gasteiger partial charge in [-0.2, -0.15) is 0 Å². The van der Waals surface area contributed by atoms with Crippen LogP contribution in [-0.4, -0.2) is 29.6 Å². The summed E-state index contributed by atoms with van der Waals surface area (Å²) in [5, 5.41) is 10.2. The predicted octanol–water partition coefficient (Wildman–Crippen LogP) is 4.23. The molecule has 0 fully saturated rings. The molecule has 4 heteroatoms. The Morgan fingerprint density at radius 2 is 1.88 bits per heavy atom. The van der Waals surface area contributed by atoms with E-state index in [4.69, 9.17) is 4.74 Å². The molecule has 1 aliphatic rings. The molecular weight excluding hydrogens is 328 g/mol. The molecule has 0 radical (unpaired) electrons. The highest BCUT2D eigenvalue weighted by molar-refractivity contribution is 6.00. The molecule has 0 heterocycles. The molecule has 140 valence electrons. The van der Waals surface area contributed by atoms with Crippen LogP contribution < -0.4 is 0 Å². The zero-order valence-corrected chi connectivity index (χ0v) is 15.4. The number of unbranched alkanes of at least 4 members (excludes halogenated alkanes) is 3. The average Bonchev–Trinajstić information content (AvgIpc) is 2.90. The molecule has 2 rings (SSSR count). The number of Topliss-reactive ketones (excluding diaryl/α,β-unsaturated/α-hetero) is 1. The molecule has 0 spiro atoms. The van der Waals surface area contributed by atoms with Gasteiger partial charge in [-0.15, -0.1) is 0 Å². The van der Waals surface area contributed by atoms with Crippen LogP contribution in [0.5, 0.6) is 0 Å². The maximum Gasteiger partial charge on any atom is 0.305 e. The molecule has 1 N–H and O–H groups in total. The van der Waals surface area contributed by atoms with E-state index in [1.807, 2.05) is 49.4 Å². The number of benzene rings is 1. The summed E-state index contributed by atoms with van der Waals surface area (Å²) in [7, 11) is 0. The molecule has 0 saturated heterocycles. The molecule has 1 unspecified atom stereocenters. The summed E-state index contributed by atoms with van der Waals surface area (Å²) in [4.78, 5) is 23.5. The fraction of sp³-hybridized carbons (Fsp3) is 0.455. The molecule has 0 aromatic heterocycles. The van der Waals surface area contributed by atoms with Gasteiger partial charge in [-0.25, -0.2) is 0 Å². The largest absolute Gasteiger partial charge is 0.466 e. The van der Waals surface area contributed by atoms with Crippen LogP contribution in [0.15, 0.2) is 47.6 Å². The first-order valence-corrected chi connectivity index (χ1v) is 9.45. The molecular formula is C22H28O4. The van der Waals surface area contributed by atoms with Crippen molar-refractivity contribution in [3.05, 3.63) is 53.1 Å². The Balaban J connectivity index is 1.84. The molecule has 0 amide bonds. The van der Waals surface area contributed by atoms with Gasteiger partial charge in [0.25, 0.3) is 0 Å². The van der Waals surface area contributed by atoms with Crippen molar-refractivity contribution in [1.29, 1.82) is 0 Å². The van der Waals surface area contributed by atoms with E-state index in [9.17, 15) is 14.7 Å². The van der Waals surface area contributed by atoms with Gasteiger partial charge in [-0.1, -0.05) is 55.3 Å². The van der Waals surface area contributed by atoms with E-state index in [0.29, 0.717) is 19.4 Å². The highest BCUT2D eigenvalue weighted by Crippen LogP contribution is 2.29. The van der Waals surface area contributed by atoms with E-state index in [2.05, 4.69) is 0 Å². The average molecular weight is 356 g/mol. The molecule has 1 aromatic rings. The first-order chi connectivity index (χ1) is 12.6. The van der Waals surface area contributed by atoms with Crippen molar-refractivity contribution in [2.45, 2.75) is 58.0 Å². The van der Waals surface area contributed by atoms with Gasteiger partial charge >= 0.3 is 5.97 Å². The number of ether oxygens (including phenoxy) is 1. The van der Waals surface area contributed by atoms with Crippen molar-refractivity contribution in [2.75, 3.05) is 6.61 Å². The fourth-order valence-electron chi connectivity index (χ4n) is 3.17. The Morgan fingerprint density at radius 3 is 2.62 bits per heavy atom. The number of aliphatic hydroxyl groups excluding tert-OH is 1. The number of hydrogen-bond acceptors (Lipinski definition) is 4. The van der Waals surface area contributed by atoms with Gasteiger partial charge < -0.3 is 9.84 Å². The van der Waals surface area contributed by atoms with Crippen LogP contribution in [0.3, 0.4) is 0 Å². The maximum absolute atomic E-state index is 12.2. The van der Waals surface area contributed by atoms with E-state index in [0.717, 1.165) is 42.4 Å². The Kier molecular flexibility index (Phi) is 8.29. The molecule has 1 aromatic carbocycles. The Labute approximate surface area is 155 Å². The Bertz CT molecular complexity index is 658. The van der Waals surface area contributed by atoms with Crippen LogP contribution in [0.4, 0.5) is 0 Å². The number of esters is 1. The van der Waals surface area contributed by atoms with Crippen LogP contribution in [0.25, 0.3) is 6.08 Å². The minimum atomic E-state index is -0.693. The lowest BCUT2D eigenvalue weighted by Crippen LogP contribution is -2.04. The second-order valence-electron chi connectivity index (χ2n) is 6.54. The minimum Gasteiger partial charge on any atom is -0.466 e. The van der Waals surface area contributed by atoms with E-state index in [1.54, 1.807) is 0 Å². The SMILES string of the molecule is CCOC(=O)CCCCCCC1=C(/C=C/c2ccccc2)C(O)CC1=O. The van der Waals surface area contributed by atoms with Crippen molar-refractivity contribution in [3.8, 4) is 0 Å². The molecule has 0 bridgehead atoms. The highest BCUT2D eigenvalue weighted by atomic mass is 16.5. The van der Waals surface area contributed by atoms with Crippen LogP contribution in [0.2, 0.25) is 0 Å². The second kappa shape index (κ2) is 10.7. The van der Waals surface area contributed by atoms with Crippen LogP contribution in [0.1, 0.15) is 57.4 Å². The molecule has 26 heavy (non-hydrogen) atoms. The van der Waals surface area contributed by atoms with E-state index >= 15 is 0 Å². The van der Waals surface area contributed by atoms with Gasteiger partial charge in [0.15, 0.2) is 5.78 Å². The molecule has 0 aliphatic heterocycles. The summed E-state index contributed by atoms with van der Waals surface area (Å²) in [6, 6.07) is 9.85. The number of hydrogen-bond donors (Lipinski definition) is 1. The van der Waals surface area contributed by atoms with Crippen molar-refractivity contribution in [2.24, 2.45) is 0 Å². The van der Waals surface area contributed by atoms with E-state index in [-0.39, 0.29) is 18.2 Å². The lowest BCUT2D eigenvalue weighted by Gasteiger charge is -2.06. The van der Waals surface area contributed by atoms with Gasteiger partial charge in [0.05, 0.1) is 12.7 Å².